The molecule has 1 aromatic heterocycles. The molecular formula is C13H11BrN2OS. The molecule has 0 radical (unpaired) electrons. The lowest BCUT2D eigenvalue weighted by molar-refractivity contribution is 0.0959. The van der Waals surface area contributed by atoms with Crippen LogP contribution < -0.4 is 5.43 Å². The summed E-state index contributed by atoms with van der Waals surface area (Å²) in [6, 6.07) is 11.4. The molecule has 0 aliphatic carbocycles. The van der Waals surface area contributed by atoms with E-state index < -0.39 is 0 Å². The molecule has 5 heteroatoms. The number of carbonyl (C=O) groups is 1. The Morgan fingerprint density at radius 2 is 2.17 bits per heavy atom. The molecular weight excluding hydrogens is 312 g/mol. The Kier molecular flexibility index (Phi) is 4.28. The molecule has 0 fully saturated rings. The Morgan fingerprint density at radius 3 is 2.83 bits per heavy atom. The van der Waals surface area contributed by atoms with E-state index in [9.17, 15) is 4.79 Å². The zero-order chi connectivity index (χ0) is 13.0. The lowest BCUT2D eigenvalue weighted by Gasteiger charge is -2.02. The van der Waals surface area contributed by atoms with Crippen LogP contribution in [0.5, 0.6) is 0 Å². The molecule has 2 rings (SSSR count). The summed E-state index contributed by atoms with van der Waals surface area (Å²) in [6.07, 6.45) is 0. The molecule has 0 aliphatic heterocycles. The van der Waals surface area contributed by atoms with Crippen LogP contribution in [-0.2, 0) is 0 Å². The summed E-state index contributed by atoms with van der Waals surface area (Å²) in [7, 11) is 0. The number of rotatable bonds is 3. The third-order valence-electron chi connectivity index (χ3n) is 2.31. The highest BCUT2D eigenvalue weighted by Crippen LogP contribution is 2.12. The summed E-state index contributed by atoms with van der Waals surface area (Å²) in [5.41, 5.74) is 4.28. The molecule has 0 spiro atoms. The number of nitrogens with zero attached hydrogens (tertiary/aromatic N) is 1. The van der Waals surface area contributed by atoms with E-state index in [0.717, 1.165) is 15.7 Å². The number of nitrogens with one attached hydrogen (secondary N) is 1. The normalized spacial score (nSPS) is 11.3. The van der Waals surface area contributed by atoms with Crippen LogP contribution in [0.2, 0.25) is 0 Å². The molecule has 0 aliphatic rings. The minimum atomic E-state index is -0.181. The van der Waals surface area contributed by atoms with Gasteiger partial charge in [-0.2, -0.15) is 5.10 Å². The number of halogens is 1. The average molecular weight is 323 g/mol. The van der Waals surface area contributed by atoms with Crippen molar-refractivity contribution in [1.82, 2.24) is 5.43 Å². The zero-order valence-electron chi connectivity index (χ0n) is 9.68. The highest BCUT2D eigenvalue weighted by molar-refractivity contribution is 9.10. The summed E-state index contributed by atoms with van der Waals surface area (Å²) < 4.78 is 0.985. The van der Waals surface area contributed by atoms with Gasteiger partial charge in [0.2, 0.25) is 0 Å². The van der Waals surface area contributed by atoms with Crippen LogP contribution in [0.25, 0.3) is 0 Å². The molecule has 0 unspecified atom stereocenters. The van der Waals surface area contributed by atoms with Crippen LogP contribution in [0.3, 0.4) is 0 Å². The highest BCUT2D eigenvalue weighted by atomic mass is 79.9. The lowest BCUT2D eigenvalue weighted by Crippen LogP contribution is -2.18. The van der Waals surface area contributed by atoms with Crippen LogP contribution in [0, 0.1) is 0 Å². The van der Waals surface area contributed by atoms with Gasteiger partial charge < -0.3 is 0 Å². The van der Waals surface area contributed by atoms with Crippen molar-refractivity contribution in [3.8, 4) is 0 Å². The number of hydrazone groups is 1. The molecule has 18 heavy (non-hydrogen) atoms. The molecule has 3 nitrogen and oxygen atoms in total. The number of carbonyl (C=O) groups excluding carboxylic acids is 1. The summed E-state index contributed by atoms with van der Waals surface area (Å²) >= 11 is 4.79. The van der Waals surface area contributed by atoms with Crippen LogP contribution in [0.4, 0.5) is 0 Å². The minimum Gasteiger partial charge on any atom is -0.266 e. The van der Waals surface area contributed by atoms with E-state index in [1.54, 1.807) is 6.07 Å². The highest BCUT2D eigenvalue weighted by Gasteiger charge is 2.05. The van der Waals surface area contributed by atoms with Crippen molar-refractivity contribution < 1.29 is 4.79 Å². The third kappa shape index (κ3) is 3.27. The second-order valence-electron chi connectivity index (χ2n) is 3.63. The molecule has 0 saturated heterocycles. The first-order valence-corrected chi connectivity index (χ1v) is 6.98. The van der Waals surface area contributed by atoms with E-state index >= 15 is 0 Å². The topological polar surface area (TPSA) is 41.5 Å². The molecule has 0 atom stereocenters. The minimum absolute atomic E-state index is 0.181. The Labute approximate surface area is 118 Å². The first kappa shape index (κ1) is 13.0. The lowest BCUT2D eigenvalue weighted by atomic mass is 10.1. The second kappa shape index (κ2) is 5.93. The summed E-state index contributed by atoms with van der Waals surface area (Å²) in [6.45, 7) is 1.86. The van der Waals surface area contributed by atoms with Crippen LogP contribution in [-0.4, -0.2) is 11.6 Å². The third-order valence-corrected chi connectivity index (χ3v) is 3.67. The van der Waals surface area contributed by atoms with E-state index in [1.807, 2.05) is 42.6 Å². The Hall–Kier alpha value is -1.46. The predicted octanol–water partition coefficient (Wildman–Crippen LogP) is 3.66. The van der Waals surface area contributed by atoms with Gasteiger partial charge in [0.05, 0.1) is 10.6 Å². The van der Waals surface area contributed by atoms with Gasteiger partial charge >= 0.3 is 0 Å². The first-order valence-electron chi connectivity index (χ1n) is 5.31. The quantitative estimate of drug-likeness (QED) is 0.680. The van der Waals surface area contributed by atoms with Gasteiger partial charge in [0.25, 0.3) is 5.91 Å². The number of amides is 1. The van der Waals surface area contributed by atoms with Crippen molar-refractivity contribution in [3.05, 3.63) is 56.7 Å². The van der Waals surface area contributed by atoms with Gasteiger partial charge in [-0.15, -0.1) is 11.3 Å². The molecule has 1 aromatic carbocycles. The molecule has 1 heterocycles. The van der Waals surface area contributed by atoms with Crippen LogP contribution in [0.15, 0.2) is 51.4 Å². The van der Waals surface area contributed by atoms with Crippen LogP contribution in [0.1, 0.15) is 22.2 Å². The number of hydrogen-bond donors (Lipinski definition) is 1. The Morgan fingerprint density at radius 1 is 1.33 bits per heavy atom. The maximum Gasteiger partial charge on any atom is 0.281 e. The van der Waals surface area contributed by atoms with Gasteiger partial charge in [0.1, 0.15) is 0 Å². The molecule has 1 N–H and O–H groups in total. The monoisotopic (exact) mass is 322 g/mol. The van der Waals surface area contributed by atoms with Gasteiger partial charge in [-0.1, -0.05) is 34.1 Å². The fourth-order valence-electron chi connectivity index (χ4n) is 1.38. The summed E-state index contributed by atoms with van der Waals surface area (Å²) in [4.78, 5) is 12.3. The SMILES string of the molecule is CC(=NNC(=O)c1cccs1)c1cccc(Br)c1. The summed E-state index contributed by atoms with van der Waals surface area (Å²) in [5, 5.41) is 5.96. The fourth-order valence-corrected chi connectivity index (χ4v) is 2.39. The molecule has 0 saturated carbocycles. The maximum absolute atomic E-state index is 11.7. The van der Waals surface area contributed by atoms with Crippen molar-refractivity contribution in [1.29, 1.82) is 0 Å². The fraction of sp³-hybridized carbons (Fsp3) is 0.0769. The largest absolute Gasteiger partial charge is 0.281 e. The zero-order valence-corrected chi connectivity index (χ0v) is 12.1. The molecule has 1 amide bonds. The van der Waals surface area contributed by atoms with Gasteiger partial charge in [-0.25, -0.2) is 5.43 Å². The van der Waals surface area contributed by atoms with Crippen LogP contribution >= 0.6 is 27.3 Å². The smallest absolute Gasteiger partial charge is 0.266 e. The first-order chi connectivity index (χ1) is 8.66. The van der Waals surface area contributed by atoms with Crippen molar-refractivity contribution in [2.45, 2.75) is 6.92 Å². The predicted molar refractivity (Wildman–Crippen MR) is 78.1 cm³/mol. The van der Waals surface area contributed by atoms with E-state index in [-0.39, 0.29) is 5.91 Å². The van der Waals surface area contributed by atoms with Gasteiger partial charge in [-0.05, 0) is 36.1 Å². The van der Waals surface area contributed by atoms with E-state index in [0.29, 0.717) is 4.88 Å². The number of thiophene rings is 1. The van der Waals surface area contributed by atoms with Crippen molar-refractivity contribution in [2.75, 3.05) is 0 Å². The van der Waals surface area contributed by atoms with Crippen molar-refractivity contribution >= 4 is 38.9 Å². The van der Waals surface area contributed by atoms with E-state index in [4.69, 9.17) is 0 Å². The number of hydrogen-bond acceptors (Lipinski definition) is 3. The van der Waals surface area contributed by atoms with E-state index in [2.05, 4.69) is 26.5 Å². The standard InChI is InChI=1S/C13H11BrN2OS/c1-9(10-4-2-5-11(14)8-10)15-16-13(17)12-6-3-7-18-12/h2-8H,1H3,(H,16,17). The van der Waals surface area contributed by atoms with Crippen molar-refractivity contribution in [2.24, 2.45) is 5.10 Å². The summed E-state index contributed by atoms with van der Waals surface area (Å²) in [5.74, 6) is -0.181. The molecule has 0 bridgehead atoms. The molecule has 2 aromatic rings. The number of benzene rings is 1. The molecule has 92 valence electrons. The van der Waals surface area contributed by atoms with E-state index in [1.165, 1.54) is 11.3 Å². The maximum atomic E-state index is 11.7. The second-order valence-corrected chi connectivity index (χ2v) is 5.49. The van der Waals surface area contributed by atoms with Gasteiger partial charge in [0.15, 0.2) is 0 Å². The van der Waals surface area contributed by atoms with Crippen molar-refractivity contribution in [3.63, 3.8) is 0 Å². The van der Waals surface area contributed by atoms with Gasteiger partial charge in [0, 0.05) is 4.47 Å². The Balaban J connectivity index is 2.08. The Bertz CT molecular complexity index is 578. The van der Waals surface area contributed by atoms with Gasteiger partial charge in [-0.3, -0.25) is 4.79 Å². The average Bonchev–Trinajstić information content (AvgIpc) is 2.89.